The van der Waals surface area contributed by atoms with Gasteiger partial charge < -0.3 is 14.3 Å². The van der Waals surface area contributed by atoms with Crippen molar-refractivity contribution in [2.24, 2.45) is 0 Å². The maximum atomic E-state index is 13.3. The van der Waals surface area contributed by atoms with Gasteiger partial charge in [0.15, 0.2) is 11.4 Å². The summed E-state index contributed by atoms with van der Waals surface area (Å²) in [6, 6.07) is 11.2. The Morgan fingerprint density at radius 1 is 0.935 bits per heavy atom. The van der Waals surface area contributed by atoms with Gasteiger partial charge in [-0.2, -0.15) is 4.31 Å². The minimum absolute atomic E-state index is 0.255. The summed E-state index contributed by atoms with van der Waals surface area (Å²) in [6.07, 6.45) is 4.68. The zero-order chi connectivity index (χ0) is 21.0. The second-order valence-corrected chi connectivity index (χ2v) is 9.32. The number of nitrogens with zero attached hydrogens (tertiary/aromatic N) is 5. The van der Waals surface area contributed by atoms with Crippen LogP contribution in [0.3, 0.4) is 0 Å². The largest absolute Gasteiger partial charge is 0.450 e. The predicted octanol–water partition coefficient (Wildman–Crippen LogP) is 2.76. The summed E-state index contributed by atoms with van der Waals surface area (Å²) in [5.74, 6) is 0.689. The van der Waals surface area contributed by atoms with Crippen LogP contribution in [0.5, 0.6) is 0 Å². The van der Waals surface area contributed by atoms with Gasteiger partial charge in [-0.05, 0) is 24.3 Å². The van der Waals surface area contributed by atoms with E-state index in [4.69, 9.17) is 4.42 Å². The molecule has 1 aliphatic rings. The molecule has 5 aromatic rings. The molecule has 4 aromatic heterocycles. The van der Waals surface area contributed by atoms with E-state index in [0.29, 0.717) is 48.6 Å². The second kappa shape index (κ2) is 6.76. The van der Waals surface area contributed by atoms with E-state index < -0.39 is 10.0 Å². The molecule has 0 amide bonds. The minimum atomic E-state index is -3.63. The quantitative estimate of drug-likeness (QED) is 0.465. The number of benzene rings is 1. The number of hydrogen-bond acceptors (Lipinski definition) is 7. The third-order valence-corrected chi connectivity index (χ3v) is 7.65. The van der Waals surface area contributed by atoms with Gasteiger partial charge in [0.05, 0.1) is 0 Å². The monoisotopic (exact) mass is 434 g/mol. The van der Waals surface area contributed by atoms with Crippen molar-refractivity contribution >= 4 is 48.9 Å². The van der Waals surface area contributed by atoms with Crippen molar-refractivity contribution in [3.05, 3.63) is 55.1 Å². The van der Waals surface area contributed by atoms with Crippen LogP contribution in [-0.2, 0) is 10.0 Å². The molecule has 5 heterocycles. The van der Waals surface area contributed by atoms with E-state index in [-0.39, 0.29) is 4.90 Å². The Labute approximate surface area is 177 Å². The Morgan fingerprint density at radius 2 is 1.74 bits per heavy atom. The average molecular weight is 434 g/mol. The van der Waals surface area contributed by atoms with Crippen LogP contribution < -0.4 is 4.90 Å². The standard InChI is InChI=1S/C21H18N6O3S/c28-31(29,17-12-23-20-15(17)5-3-7-22-20)27-10-8-26(9-11-27)21-19-18(24-13-25-21)14-4-1-2-6-16(14)30-19/h1-7,12-13H,8-11H2,(H,22,23). The molecule has 1 N–H and O–H groups in total. The van der Waals surface area contributed by atoms with E-state index in [0.717, 1.165) is 16.5 Å². The first kappa shape index (κ1) is 18.3. The Bertz CT molecular complexity index is 1530. The first-order valence-corrected chi connectivity index (χ1v) is 11.4. The van der Waals surface area contributed by atoms with Crippen LogP contribution in [0.2, 0.25) is 0 Å². The van der Waals surface area contributed by atoms with E-state index in [1.807, 2.05) is 24.3 Å². The van der Waals surface area contributed by atoms with Crippen molar-refractivity contribution in [3.63, 3.8) is 0 Å². The molecular formula is C21H18N6O3S. The number of H-pyrrole nitrogens is 1. The third-order valence-electron chi connectivity index (χ3n) is 5.71. The molecule has 10 heteroatoms. The van der Waals surface area contributed by atoms with Crippen molar-refractivity contribution in [1.82, 2.24) is 24.2 Å². The summed E-state index contributed by atoms with van der Waals surface area (Å²) in [7, 11) is -3.63. The fraction of sp³-hybridized carbons (Fsp3) is 0.190. The molecule has 0 radical (unpaired) electrons. The van der Waals surface area contributed by atoms with Gasteiger partial charge in [0.1, 0.15) is 28.0 Å². The van der Waals surface area contributed by atoms with E-state index in [1.165, 1.54) is 16.8 Å². The molecule has 1 aromatic carbocycles. The van der Waals surface area contributed by atoms with Gasteiger partial charge in [-0.3, -0.25) is 0 Å². The van der Waals surface area contributed by atoms with E-state index in [1.54, 1.807) is 18.3 Å². The number of para-hydroxylation sites is 1. The lowest BCUT2D eigenvalue weighted by atomic mass is 10.2. The smallest absolute Gasteiger partial charge is 0.245 e. The molecule has 0 bridgehead atoms. The van der Waals surface area contributed by atoms with Crippen LogP contribution in [0.1, 0.15) is 0 Å². The number of furan rings is 1. The van der Waals surface area contributed by atoms with Crippen molar-refractivity contribution in [2.45, 2.75) is 4.90 Å². The van der Waals surface area contributed by atoms with Gasteiger partial charge in [0.2, 0.25) is 10.0 Å². The summed E-state index contributed by atoms with van der Waals surface area (Å²) < 4.78 is 34.0. The minimum Gasteiger partial charge on any atom is -0.450 e. The van der Waals surface area contributed by atoms with Crippen molar-refractivity contribution in [3.8, 4) is 0 Å². The second-order valence-electron chi connectivity index (χ2n) is 7.42. The lowest BCUT2D eigenvalue weighted by molar-refractivity contribution is 0.384. The highest BCUT2D eigenvalue weighted by Gasteiger charge is 2.32. The SMILES string of the molecule is O=S(=O)(c1c[nH]c2ncccc12)N1CCN(c2ncnc3c2oc2ccccc23)CC1. The van der Waals surface area contributed by atoms with Crippen molar-refractivity contribution in [1.29, 1.82) is 0 Å². The Kier molecular flexibility index (Phi) is 3.99. The third kappa shape index (κ3) is 2.79. The fourth-order valence-electron chi connectivity index (χ4n) is 4.16. The van der Waals surface area contributed by atoms with Crippen LogP contribution in [0, 0.1) is 0 Å². The number of pyridine rings is 1. The molecule has 9 nitrogen and oxygen atoms in total. The Morgan fingerprint density at radius 3 is 2.61 bits per heavy atom. The maximum Gasteiger partial charge on any atom is 0.245 e. The van der Waals surface area contributed by atoms with Crippen LogP contribution in [0.4, 0.5) is 5.82 Å². The first-order valence-electron chi connectivity index (χ1n) is 9.92. The number of sulfonamides is 1. The number of rotatable bonds is 3. The molecule has 156 valence electrons. The molecule has 1 fully saturated rings. The number of anilines is 1. The molecule has 0 aliphatic carbocycles. The molecule has 1 saturated heterocycles. The number of piperazine rings is 1. The van der Waals surface area contributed by atoms with Crippen molar-refractivity contribution in [2.75, 3.05) is 31.1 Å². The summed E-state index contributed by atoms with van der Waals surface area (Å²) >= 11 is 0. The number of fused-ring (bicyclic) bond motifs is 4. The van der Waals surface area contributed by atoms with E-state index in [2.05, 4.69) is 24.8 Å². The van der Waals surface area contributed by atoms with Gasteiger partial charge >= 0.3 is 0 Å². The van der Waals surface area contributed by atoms with E-state index >= 15 is 0 Å². The average Bonchev–Trinajstić information content (AvgIpc) is 3.41. The number of aromatic amines is 1. The fourth-order valence-corrected chi connectivity index (χ4v) is 5.73. The van der Waals surface area contributed by atoms with E-state index in [9.17, 15) is 8.42 Å². The van der Waals surface area contributed by atoms with Gasteiger partial charge in [-0.15, -0.1) is 0 Å². The number of hydrogen-bond donors (Lipinski definition) is 1. The van der Waals surface area contributed by atoms with Crippen LogP contribution >= 0.6 is 0 Å². The zero-order valence-electron chi connectivity index (χ0n) is 16.4. The van der Waals surface area contributed by atoms with Crippen LogP contribution in [0.25, 0.3) is 33.1 Å². The molecule has 1 aliphatic heterocycles. The van der Waals surface area contributed by atoms with Gasteiger partial charge in [-0.1, -0.05) is 12.1 Å². The Hall–Kier alpha value is -3.50. The molecular weight excluding hydrogens is 416 g/mol. The molecule has 0 spiro atoms. The molecule has 6 rings (SSSR count). The molecule has 0 atom stereocenters. The lowest BCUT2D eigenvalue weighted by Gasteiger charge is -2.34. The summed E-state index contributed by atoms with van der Waals surface area (Å²) in [4.78, 5) is 18.3. The van der Waals surface area contributed by atoms with Gasteiger partial charge in [0.25, 0.3) is 0 Å². The highest BCUT2D eigenvalue weighted by atomic mass is 32.2. The first-order chi connectivity index (χ1) is 15.1. The summed E-state index contributed by atoms with van der Waals surface area (Å²) in [5.41, 5.74) is 2.71. The van der Waals surface area contributed by atoms with Gasteiger partial charge in [-0.25, -0.2) is 23.4 Å². The highest BCUT2D eigenvalue weighted by molar-refractivity contribution is 7.89. The topological polar surface area (TPSA) is 108 Å². The summed E-state index contributed by atoms with van der Waals surface area (Å²) in [5, 5.41) is 1.54. The van der Waals surface area contributed by atoms with Gasteiger partial charge in [0, 0.05) is 49.3 Å². The lowest BCUT2D eigenvalue weighted by Crippen LogP contribution is -2.48. The Balaban J connectivity index is 1.30. The van der Waals surface area contributed by atoms with Crippen molar-refractivity contribution < 1.29 is 12.8 Å². The maximum absolute atomic E-state index is 13.3. The molecule has 0 unspecified atom stereocenters. The number of nitrogens with one attached hydrogen (secondary N) is 1. The summed E-state index contributed by atoms with van der Waals surface area (Å²) in [6.45, 7) is 1.70. The molecule has 0 saturated carbocycles. The number of aromatic nitrogens is 4. The van der Waals surface area contributed by atoms with Crippen LogP contribution in [-0.4, -0.2) is 58.8 Å². The highest BCUT2D eigenvalue weighted by Crippen LogP contribution is 2.33. The molecule has 31 heavy (non-hydrogen) atoms. The van der Waals surface area contributed by atoms with Crippen LogP contribution in [0.15, 0.2) is 64.4 Å². The zero-order valence-corrected chi connectivity index (χ0v) is 17.2. The normalized spacial score (nSPS) is 15.9. The predicted molar refractivity (Wildman–Crippen MR) is 116 cm³/mol.